The average molecular weight is 337 g/mol. The summed E-state index contributed by atoms with van der Waals surface area (Å²) in [4.78, 5) is 12.2. The smallest absolute Gasteiger partial charge is 0.240 e. The highest BCUT2D eigenvalue weighted by atomic mass is 32.2. The van der Waals surface area contributed by atoms with Gasteiger partial charge >= 0.3 is 0 Å². The molecule has 0 aliphatic heterocycles. The van der Waals surface area contributed by atoms with E-state index in [-0.39, 0.29) is 22.6 Å². The highest BCUT2D eigenvalue weighted by molar-refractivity contribution is 7.89. The minimum Gasteiger partial charge on any atom is -0.340 e. The first-order valence-corrected chi connectivity index (χ1v) is 8.86. The fourth-order valence-electron chi connectivity index (χ4n) is 1.90. The van der Waals surface area contributed by atoms with Crippen molar-refractivity contribution in [1.29, 1.82) is 5.26 Å². The Morgan fingerprint density at radius 2 is 1.83 bits per heavy atom. The van der Waals surface area contributed by atoms with E-state index in [1.807, 2.05) is 20.8 Å². The molecule has 0 saturated heterocycles. The molecular formula is C16H23N3O3S. The maximum absolute atomic E-state index is 12.0. The summed E-state index contributed by atoms with van der Waals surface area (Å²) in [6.45, 7) is 7.65. The summed E-state index contributed by atoms with van der Waals surface area (Å²) in [7, 11) is -3.49. The van der Waals surface area contributed by atoms with Gasteiger partial charge in [0.15, 0.2) is 0 Å². The second kappa shape index (κ2) is 7.57. The quantitative estimate of drug-likeness (QED) is 0.823. The zero-order valence-electron chi connectivity index (χ0n) is 13.9. The van der Waals surface area contributed by atoms with Gasteiger partial charge in [-0.15, -0.1) is 0 Å². The Bertz CT molecular complexity index is 683. The summed E-state index contributed by atoms with van der Waals surface area (Å²) in [5.41, 5.74) is 0.331. The van der Waals surface area contributed by atoms with Gasteiger partial charge in [-0.25, -0.2) is 13.1 Å². The van der Waals surface area contributed by atoms with Crippen LogP contribution in [0.2, 0.25) is 0 Å². The van der Waals surface area contributed by atoms with Crippen molar-refractivity contribution in [3.05, 3.63) is 29.8 Å². The topological polar surface area (TPSA) is 99.1 Å². The predicted molar refractivity (Wildman–Crippen MR) is 88.0 cm³/mol. The molecule has 0 radical (unpaired) electrons. The van der Waals surface area contributed by atoms with Gasteiger partial charge in [-0.3, -0.25) is 4.79 Å². The van der Waals surface area contributed by atoms with E-state index in [0.29, 0.717) is 12.1 Å². The lowest BCUT2D eigenvalue weighted by Gasteiger charge is -2.25. The number of carbonyl (C=O) groups is 1. The number of carbonyl (C=O) groups excluding carboxylic acids is 1. The molecule has 1 atom stereocenters. The van der Waals surface area contributed by atoms with Crippen LogP contribution in [-0.2, 0) is 21.2 Å². The Morgan fingerprint density at radius 1 is 1.26 bits per heavy atom. The molecule has 126 valence electrons. The van der Waals surface area contributed by atoms with E-state index in [1.165, 1.54) is 12.1 Å². The van der Waals surface area contributed by atoms with Crippen LogP contribution in [0.25, 0.3) is 0 Å². The summed E-state index contributed by atoms with van der Waals surface area (Å²) in [6, 6.07) is 7.63. The van der Waals surface area contributed by atoms with Crippen molar-refractivity contribution in [1.82, 2.24) is 10.0 Å². The first kappa shape index (κ1) is 19.1. The molecule has 23 heavy (non-hydrogen) atoms. The molecule has 1 rings (SSSR count). The van der Waals surface area contributed by atoms with Crippen LogP contribution >= 0.6 is 0 Å². The lowest BCUT2D eigenvalue weighted by atomic mass is 9.87. The highest BCUT2D eigenvalue weighted by Crippen LogP contribution is 2.18. The first-order chi connectivity index (χ1) is 10.6. The molecule has 6 nitrogen and oxygen atoms in total. The van der Waals surface area contributed by atoms with Crippen LogP contribution in [-0.4, -0.2) is 26.9 Å². The lowest BCUT2D eigenvalue weighted by Crippen LogP contribution is -2.43. The molecule has 2 N–H and O–H groups in total. The number of rotatable bonds is 6. The van der Waals surface area contributed by atoms with Gasteiger partial charge in [-0.05, 0) is 23.1 Å². The summed E-state index contributed by atoms with van der Waals surface area (Å²) < 4.78 is 26.1. The third kappa shape index (κ3) is 5.66. The molecule has 0 saturated carbocycles. The fourth-order valence-corrected chi connectivity index (χ4v) is 2.94. The second-order valence-corrected chi connectivity index (χ2v) is 8.08. The number of nitriles is 1. The molecule has 1 aromatic rings. The zero-order chi connectivity index (χ0) is 17.7. The van der Waals surface area contributed by atoms with Crippen molar-refractivity contribution < 1.29 is 13.2 Å². The Labute approximate surface area is 137 Å². The predicted octanol–water partition coefficient (Wildman–Crippen LogP) is 1.58. The summed E-state index contributed by atoms with van der Waals surface area (Å²) in [6.07, 6.45) is 0.0930. The van der Waals surface area contributed by atoms with E-state index in [0.717, 1.165) is 0 Å². The standard InChI is InChI=1S/C16H23N3O3S/c1-5-18-23(21,22)13-8-6-12(7-9-13)10-15(20)19-14(11-17)16(2,3)4/h6-9,14,18H,5,10H2,1-4H3,(H,19,20). The van der Waals surface area contributed by atoms with Gasteiger partial charge in [0, 0.05) is 6.54 Å². The van der Waals surface area contributed by atoms with E-state index in [9.17, 15) is 13.2 Å². The van der Waals surface area contributed by atoms with Crippen molar-refractivity contribution in [2.24, 2.45) is 5.41 Å². The summed E-state index contributed by atoms with van der Waals surface area (Å²) in [5, 5.41) is 11.8. The van der Waals surface area contributed by atoms with Crippen LogP contribution in [0.15, 0.2) is 29.2 Å². The molecule has 1 aromatic carbocycles. The molecule has 0 aliphatic rings. The molecular weight excluding hydrogens is 314 g/mol. The fraction of sp³-hybridized carbons (Fsp3) is 0.500. The van der Waals surface area contributed by atoms with E-state index >= 15 is 0 Å². The van der Waals surface area contributed by atoms with Crippen LogP contribution in [0.3, 0.4) is 0 Å². The number of amides is 1. The Hall–Kier alpha value is -1.91. The van der Waals surface area contributed by atoms with Crippen molar-refractivity contribution >= 4 is 15.9 Å². The van der Waals surface area contributed by atoms with Gasteiger partial charge in [0.1, 0.15) is 6.04 Å². The number of sulfonamides is 1. The maximum atomic E-state index is 12.0. The minimum atomic E-state index is -3.49. The SMILES string of the molecule is CCNS(=O)(=O)c1ccc(CC(=O)NC(C#N)C(C)(C)C)cc1. The zero-order valence-corrected chi connectivity index (χ0v) is 14.7. The molecule has 0 fully saturated rings. The lowest BCUT2D eigenvalue weighted by molar-refractivity contribution is -0.121. The number of hydrogen-bond donors (Lipinski definition) is 2. The molecule has 0 aromatic heterocycles. The van der Waals surface area contributed by atoms with Crippen molar-refractivity contribution in [2.45, 2.75) is 45.1 Å². The van der Waals surface area contributed by atoms with Crippen molar-refractivity contribution in [3.8, 4) is 6.07 Å². The van der Waals surface area contributed by atoms with Gasteiger partial charge in [0.2, 0.25) is 15.9 Å². The van der Waals surface area contributed by atoms with E-state index in [1.54, 1.807) is 19.1 Å². The van der Waals surface area contributed by atoms with Crippen LogP contribution in [0.4, 0.5) is 0 Å². The minimum absolute atomic E-state index is 0.0930. The molecule has 0 spiro atoms. The van der Waals surface area contributed by atoms with Crippen LogP contribution < -0.4 is 10.0 Å². The number of benzene rings is 1. The third-order valence-corrected chi connectivity index (χ3v) is 4.79. The second-order valence-electron chi connectivity index (χ2n) is 6.32. The molecule has 0 aliphatic carbocycles. The highest BCUT2D eigenvalue weighted by Gasteiger charge is 2.25. The molecule has 1 unspecified atom stereocenters. The van der Waals surface area contributed by atoms with Gasteiger partial charge in [-0.1, -0.05) is 39.8 Å². The average Bonchev–Trinajstić information content (AvgIpc) is 2.44. The number of hydrogen-bond acceptors (Lipinski definition) is 4. The van der Waals surface area contributed by atoms with Gasteiger partial charge in [0.25, 0.3) is 0 Å². The van der Waals surface area contributed by atoms with Crippen LogP contribution in [0.5, 0.6) is 0 Å². The largest absolute Gasteiger partial charge is 0.340 e. The monoisotopic (exact) mass is 337 g/mol. The third-order valence-electron chi connectivity index (χ3n) is 3.23. The van der Waals surface area contributed by atoms with Crippen molar-refractivity contribution in [2.75, 3.05) is 6.54 Å². The molecule has 7 heteroatoms. The summed E-state index contributed by atoms with van der Waals surface area (Å²) >= 11 is 0. The first-order valence-electron chi connectivity index (χ1n) is 7.37. The molecule has 0 heterocycles. The van der Waals surface area contributed by atoms with Crippen LogP contribution in [0.1, 0.15) is 33.3 Å². The Morgan fingerprint density at radius 3 is 2.26 bits per heavy atom. The Balaban J connectivity index is 2.76. The molecule has 1 amide bonds. The van der Waals surface area contributed by atoms with E-state index in [2.05, 4.69) is 16.1 Å². The van der Waals surface area contributed by atoms with E-state index < -0.39 is 16.1 Å². The van der Waals surface area contributed by atoms with Crippen molar-refractivity contribution in [3.63, 3.8) is 0 Å². The normalized spacial score (nSPS) is 13.2. The van der Waals surface area contributed by atoms with Gasteiger partial charge in [0.05, 0.1) is 17.4 Å². The van der Waals surface area contributed by atoms with Crippen LogP contribution in [0, 0.1) is 16.7 Å². The van der Waals surface area contributed by atoms with Gasteiger partial charge < -0.3 is 5.32 Å². The number of nitrogens with zero attached hydrogens (tertiary/aromatic N) is 1. The number of nitrogens with one attached hydrogen (secondary N) is 2. The van der Waals surface area contributed by atoms with Gasteiger partial charge in [-0.2, -0.15) is 5.26 Å². The maximum Gasteiger partial charge on any atom is 0.240 e. The summed E-state index contributed by atoms with van der Waals surface area (Å²) in [5.74, 6) is -0.270. The van der Waals surface area contributed by atoms with E-state index in [4.69, 9.17) is 5.26 Å². The Kier molecular flexibility index (Phi) is 6.30. The molecule has 0 bridgehead atoms.